The summed E-state index contributed by atoms with van der Waals surface area (Å²) in [6, 6.07) is 11.3. The van der Waals surface area contributed by atoms with Crippen LogP contribution in [0, 0.1) is 5.82 Å². The van der Waals surface area contributed by atoms with Crippen LogP contribution in [-0.2, 0) is 11.3 Å². The van der Waals surface area contributed by atoms with Crippen LogP contribution in [0.5, 0.6) is 0 Å². The van der Waals surface area contributed by atoms with Gasteiger partial charge in [-0.05, 0) is 24.3 Å². The van der Waals surface area contributed by atoms with Gasteiger partial charge in [0.2, 0.25) is 5.91 Å². The second-order valence-corrected chi connectivity index (χ2v) is 6.15. The van der Waals surface area contributed by atoms with Gasteiger partial charge >= 0.3 is 0 Å². The SMILES string of the molecule is O=C(Cn1ncc2c([nH]c3ccccc32)c1=O)Nc1ccc(F)c(Cl)c1. The lowest BCUT2D eigenvalue weighted by molar-refractivity contribution is -0.117. The van der Waals surface area contributed by atoms with Gasteiger partial charge in [-0.1, -0.05) is 29.8 Å². The van der Waals surface area contributed by atoms with Gasteiger partial charge < -0.3 is 10.3 Å². The van der Waals surface area contributed by atoms with Crippen molar-refractivity contribution in [3.05, 3.63) is 69.9 Å². The Balaban J connectivity index is 1.63. The molecule has 0 fully saturated rings. The molecule has 0 saturated heterocycles. The number of halogens is 2. The van der Waals surface area contributed by atoms with E-state index in [0.29, 0.717) is 16.6 Å². The minimum Gasteiger partial charge on any atom is -0.350 e. The number of carbonyl (C=O) groups excluding carboxylic acids is 1. The normalized spacial score (nSPS) is 11.2. The Labute approximate surface area is 151 Å². The highest BCUT2D eigenvalue weighted by molar-refractivity contribution is 6.31. The smallest absolute Gasteiger partial charge is 0.291 e. The summed E-state index contributed by atoms with van der Waals surface area (Å²) in [5.74, 6) is -1.05. The molecular formula is C18H12ClFN4O2. The van der Waals surface area contributed by atoms with Crippen molar-refractivity contribution in [2.45, 2.75) is 6.54 Å². The highest BCUT2D eigenvalue weighted by atomic mass is 35.5. The zero-order valence-corrected chi connectivity index (χ0v) is 14.0. The van der Waals surface area contributed by atoms with E-state index in [0.717, 1.165) is 21.7 Å². The quantitative estimate of drug-likeness (QED) is 0.580. The van der Waals surface area contributed by atoms with Crippen molar-refractivity contribution in [2.24, 2.45) is 0 Å². The van der Waals surface area contributed by atoms with E-state index >= 15 is 0 Å². The van der Waals surface area contributed by atoms with E-state index in [1.165, 1.54) is 12.1 Å². The maximum atomic E-state index is 13.2. The molecule has 2 N–H and O–H groups in total. The number of H-pyrrole nitrogens is 1. The molecule has 2 aromatic heterocycles. The average Bonchev–Trinajstić information content (AvgIpc) is 3.00. The molecule has 0 bridgehead atoms. The molecule has 0 saturated carbocycles. The van der Waals surface area contributed by atoms with Gasteiger partial charge in [0.25, 0.3) is 5.56 Å². The molecule has 0 aliphatic carbocycles. The van der Waals surface area contributed by atoms with Crippen LogP contribution in [0.25, 0.3) is 21.8 Å². The molecule has 8 heteroatoms. The summed E-state index contributed by atoms with van der Waals surface area (Å²) in [6.45, 7) is -0.279. The number of aromatic nitrogens is 3. The first-order chi connectivity index (χ1) is 12.5. The fourth-order valence-corrected chi connectivity index (χ4v) is 2.98. The van der Waals surface area contributed by atoms with Crippen LogP contribution in [0.4, 0.5) is 10.1 Å². The number of carbonyl (C=O) groups is 1. The Hall–Kier alpha value is -3.19. The number of aromatic amines is 1. The van der Waals surface area contributed by atoms with Crippen molar-refractivity contribution >= 4 is 45.0 Å². The van der Waals surface area contributed by atoms with Crippen molar-refractivity contribution in [3.8, 4) is 0 Å². The number of amides is 1. The monoisotopic (exact) mass is 370 g/mol. The second-order valence-electron chi connectivity index (χ2n) is 5.74. The van der Waals surface area contributed by atoms with Gasteiger partial charge in [-0.3, -0.25) is 9.59 Å². The van der Waals surface area contributed by atoms with E-state index in [1.54, 1.807) is 6.20 Å². The summed E-state index contributed by atoms with van der Waals surface area (Å²) in [5, 5.41) is 8.13. The number of rotatable bonds is 3. The molecule has 4 rings (SSSR count). The highest BCUT2D eigenvalue weighted by Gasteiger charge is 2.13. The largest absolute Gasteiger partial charge is 0.350 e. The van der Waals surface area contributed by atoms with Gasteiger partial charge in [0, 0.05) is 22.0 Å². The van der Waals surface area contributed by atoms with Crippen molar-refractivity contribution in [3.63, 3.8) is 0 Å². The van der Waals surface area contributed by atoms with E-state index in [1.807, 2.05) is 24.3 Å². The second kappa shape index (κ2) is 6.27. The molecule has 0 atom stereocenters. The minimum absolute atomic E-state index is 0.0995. The van der Waals surface area contributed by atoms with Crippen molar-refractivity contribution < 1.29 is 9.18 Å². The number of fused-ring (bicyclic) bond motifs is 3. The summed E-state index contributed by atoms with van der Waals surface area (Å²) < 4.78 is 14.2. The van der Waals surface area contributed by atoms with Crippen LogP contribution >= 0.6 is 11.6 Å². The van der Waals surface area contributed by atoms with E-state index in [-0.39, 0.29) is 11.6 Å². The van der Waals surface area contributed by atoms with E-state index < -0.39 is 17.3 Å². The zero-order valence-electron chi connectivity index (χ0n) is 13.3. The van der Waals surface area contributed by atoms with Crippen LogP contribution in [0.1, 0.15) is 0 Å². The summed E-state index contributed by atoms with van der Waals surface area (Å²) >= 11 is 5.69. The Morgan fingerprint density at radius 3 is 2.85 bits per heavy atom. The van der Waals surface area contributed by atoms with E-state index in [9.17, 15) is 14.0 Å². The van der Waals surface area contributed by atoms with Gasteiger partial charge in [0.15, 0.2) is 0 Å². The summed E-state index contributed by atoms with van der Waals surface area (Å²) in [4.78, 5) is 27.8. The van der Waals surface area contributed by atoms with Crippen LogP contribution in [0.2, 0.25) is 5.02 Å². The minimum atomic E-state index is -0.577. The van der Waals surface area contributed by atoms with Crippen LogP contribution in [0.3, 0.4) is 0 Å². The van der Waals surface area contributed by atoms with E-state index in [2.05, 4.69) is 15.4 Å². The fourth-order valence-electron chi connectivity index (χ4n) is 2.80. The lowest BCUT2D eigenvalue weighted by Gasteiger charge is -2.07. The van der Waals surface area contributed by atoms with Crippen LogP contribution in [-0.4, -0.2) is 20.7 Å². The lowest BCUT2D eigenvalue weighted by atomic mass is 10.2. The lowest BCUT2D eigenvalue weighted by Crippen LogP contribution is -2.29. The van der Waals surface area contributed by atoms with Crippen LogP contribution < -0.4 is 10.9 Å². The van der Waals surface area contributed by atoms with E-state index in [4.69, 9.17) is 11.6 Å². The van der Waals surface area contributed by atoms with Gasteiger partial charge in [0.05, 0.1) is 11.2 Å². The number of nitrogens with one attached hydrogen (secondary N) is 2. The van der Waals surface area contributed by atoms with Crippen molar-refractivity contribution in [1.82, 2.24) is 14.8 Å². The molecule has 6 nitrogen and oxygen atoms in total. The summed E-state index contributed by atoms with van der Waals surface area (Å²) in [5.41, 5.74) is 1.15. The molecule has 4 aromatic rings. The third kappa shape index (κ3) is 2.82. The molecule has 0 aliphatic heterocycles. The highest BCUT2D eigenvalue weighted by Crippen LogP contribution is 2.22. The standard InChI is InChI=1S/C18H12ClFN4O2/c19-13-7-10(5-6-14(13)20)22-16(25)9-24-18(26)17-12(8-21-24)11-3-1-2-4-15(11)23-17/h1-8,23H,9H2,(H,22,25). The Morgan fingerprint density at radius 2 is 2.04 bits per heavy atom. The predicted octanol–water partition coefficient (Wildman–Crippen LogP) is 3.31. The first-order valence-corrected chi connectivity index (χ1v) is 8.12. The van der Waals surface area contributed by atoms with Crippen LogP contribution in [0.15, 0.2) is 53.5 Å². The first kappa shape index (κ1) is 16.3. The maximum absolute atomic E-state index is 13.2. The molecule has 2 aromatic carbocycles. The van der Waals surface area contributed by atoms with Gasteiger partial charge in [-0.15, -0.1) is 0 Å². The average molecular weight is 371 g/mol. The number of hydrogen-bond donors (Lipinski definition) is 2. The fraction of sp³-hybridized carbons (Fsp3) is 0.0556. The predicted molar refractivity (Wildman–Crippen MR) is 97.9 cm³/mol. The van der Waals surface area contributed by atoms with Crippen molar-refractivity contribution in [1.29, 1.82) is 0 Å². The molecule has 1 amide bonds. The zero-order chi connectivity index (χ0) is 18.3. The number of hydrogen-bond acceptors (Lipinski definition) is 3. The molecule has 2 heterocycles. The number of para-hydroxylation sites is 1. The van der Waals surface area contributed by atoms with Crippen molar-refractivity contribution in [2.75, 3.05) is 5.32 Å². The Kier molecular flexibility index (Phi) is 3.93. The maximum Gasteiger partial charge on any atom is 0.291 e. The topological polar surface area (TPSA) is 79.8 Å². The molecule has 130 valence electrons. The van der Waals surface area contributed by atoms with Gasteiger partial charge in [-0.2, -0.15) is 5.10 Å². The first-order valence-electron chi connectivity index (χ1n) is 7.74. The number of benzene rings is 2. The molecular weight excluding hydrogens is 359 g/mol. The summed E-state index contributed by atoms with van der Waals surface area (Å²) in [7, 11) is 0. The Morgan fingerprint density at radius 1 is 1.23 bits per heavy atom. The molecule has 26 heavy (non-hydrogen) atoms. The third-order valence-electron chi connectivity index (χ3n) is 4.02. The van der Waals surface area contributed by atoms with Gasteiger partial charge in [0.1, 0.15) is 17.9 Å². The third-order valence-corrected chi connectivity index (χ3v) is 4.31. The molecule has 0 unspecified atom stereocenters. The Bertz CT molecular complexity index is 1210. The van der Waals surface area contributed by atoms with Gasteiger partial charge in [-0.25, -0.2) is 9.07 Å². The number of nitrogens with zero attached hydrogens (tertiary/aromatic N) is 2. The molecule has 0 aliphatic rings. The molecule has 0 spiro atoms. The summed E-state index contributed by atoms with van der Waals surface area (Å²) in [6.07, 6.45) is 1.55. The number of anilines is 1. The molecule has 0 radical (unpaired) electrons.